The van der Waals surface area contributed by atoms with Gasteiger partial charge in [-0.15, -0.1) is 10.2 Å². The van der Waals surface area contributed by atoms with Gasteiger partial charge in [0, 0.05) is 12.5 Å². The summed E-state index contributed by atoms with van der Waals surface area (Å²) in [4.78, 5) is 12.4. The molecule has 0 spiro atoms. The first-order chi connectivity index (χ1) is 16.0. The molecule has 1 aromatic heterocycles. The van der Waals surface area contributed by atoms with Crippen LogP contribution >= 0.6 is 11.8 Å². The zero-order valence-corrected chi connectivity index (χ0v) is 18.9. The maximum Gasteiger partial charge on any atom is 0.387 e. The van der Waals surface area contributed by atoms with Gasteiger partial charge in [-0.05, 0) is 36.1 Å². The fraction of sp³-hybridized carbons (Fsp3) is 0.348. The normalized spacial score (nSPS) is 13.2. The molecule has 1 amide bonds. The quantitative estimate of drug-likeness (QED) is 0.419. The Hall–Kier alpha value is -3.14. The Morgan fingerprint density at radius 1 is 1.15 bits per heavy atom. The number of carbonyl (C=O) groups excluding carboxylic acids is 1. The Morgan fingerprint density at radius 3 is 2.64 bits per heavy atom. The topological polar surface area (TPSA) is 78.3 Å². The van der Waals surface area contributed by atoms with Crippen molar-refractivity contribution < 1.29 is 23.0 Å². The molecule has 7 nitrogen and oxygen atoms in total. The van der Waals surface area contributed by atoms with Gasteiger partial charge in [0.2, 0.25) is 5.91 Å². The number of aromatic nitrogens is 3. The van der Waals surface area contributed by atoms with E-state index in [1.165, 1.54) is 24.9 Å². The lowest BCUT2D eigenvalue weighted by Gasteiger charge is -2.12. The molecule has 1 saturated carbocycles. The summed E-state index contributed by atoms with van der Waals surface area (Å²) in [7, 11) is 1.37. The van der Waals surface area contributed by atoms with Crippen molar-refractivity contribution in [2.24, 2.45) is 0 Å². The lowest BCUT2D eigenvalue weighted by atomic mass is 10.2. The number of methoxy groups -OCH3 is 1. The van der Waals surface area contributed by atoms with Crippen LogP contribution in [0.3, 0.4) is 0 Å². The van der Waals surface area contributed by atoms with Crippen molar-refractivity contribution >= 4 is 17.7 Å². The number of amides is 1. The van der Waals surface area contributed by atoms with Crippen molar-refractivity contribution in [2.75, 3.05) is 12.9 Å². The van der Waals surface area contributed by atoms with Gasteiger partial charge in [0.15, 0.2) is 16.7 Å². The highest BCUT2D eigenvalue weighted by Gasteiger charge is 2.30. The molecule has 0 radical (unpaired) electrons. The highest BCUT2D eigenvalue weighted by atomic mass is 32.2. The highest BCUT2D eigenvalue weighted by Crippen LogP contribution is 2.40. The number of thioether (sulfide) groups is 1. The van der Waals surface area contributed by atoms with E-state index in [1.807, 2.05) is 18.2 Å². The average Bonchev–Trinajstić information content (AvgIpc) is 3.58. The third kappa shape index (κ3) is 6.22. The van der Waals surface area contributed by atoms with Gasteiger partial charge in [0.05, 0.1) is 19.4 Å². The van der Waals surface area contributed by atoms with E-state index in [1.54, 1.807) is 12.1 Å². The van der Waals surface area contributed by atoms with Crippen molar-refractivity contribution in [2.45, 2.75) is 43.6 Å². The van der Waals surface area contributed by atoms with Gasteiger partial charge in [0.1, 0.15) is 5.82 Å². The Balaban J connectivity index is 1.35. The molecule has 1 fully saturated rings. The summed E-state index contributed by atoms with van der Waals surface area (Å²) in [5, 5.41) is 12.2. The van der Waals surface area contributed by atoms with Crippen LogP contribution in [0.4, 0.5) is 8.78 Å². The van der Waals surface area contributed by atoms with E-state index >= 15 is 0 Å². The fourth-order valence-corrected chi connectivity index (χ4v) is 4.14. The Bertz CT molecular complexity index is 1090. The predicted octanol–water partition coefficient (Wildman–Crippen LogP) is 4.22. The molecule has 174 valence electrons. The van der Waals surface area contributed by atoms with Gasteiger partial charge in [0.25, 0.3) is 0 Å². The number of hydrogen-bond donors (Lipinski definition) is 1. The maximum atomic E-state index is 12.5. The molecule has 0 saturated heterocycles. The molecule has 1 heterocycles. The monoisotopic (exact) mass is 474 g/mol. The fourth-order valence-electron chi connectivity index (χ4n) is 3.36. The van der Waals surface area contributed by atoms with Crippen LogP contribution in [0, 0.1) is 0 Å². The van der Waals surface area contributed by atoms with Crippen LogP contribution in [-0.4, -0.2) is 40.1 Å². The number of ether oxygens (including phenoxy) is 2. The molecule has 0 unspecified atom stereocenters. The molecule has 4 rings (SSSR count). The molecule has 10 heteroatoms. The third-order valence-electron chi connectivity index (χ3n) is 5.14. The van der Waals surface area contributed by atoms with E-state index in [2.05, 4.69) is 37.0 Å². The van der Waals surface area contributed by atoms with Crippen LogP contribution in [0.25, 0.3) is 0 Å². The number of carbonyl (C=O) groups is 1. The van der Waals surface area contributed by atoms with Gasteiger partial charge in [-0.25, -0.2) is 0 Å². The zero-order chi connectivity index (χ0) is 23.2. The van der Waals surface area contributed by atoms with Gasteiger partial charge in [-0.2, -0.15) is 8.78 Å². The number of nitrogens with zero attached hydrogens (tertiary/aromatic N) is 3. The third-order valence-corrected chi connectivity index (χ3v) is 6.10. The number of hydrogen-bond acceptors (Lipinski definition) is 6. The van der Waals surface area contributed by atoms with Crippen LogP contribution in [0.2, 0.25) is 0 Å². The first-order valence-corrected chi connectivity index (χ1v) is 11.5. The molecular weight excluding hydrogens is 450 g/mol. The summed E-state index contributed by atoms with van der Waals surface area (Å²) in [6.45, 7) is -2.04. The van der Waals surface area contributed by atoms with E-state index < -0.39 is 6.61 Å². The number of halogens is 2. The summed E-state index contributed by atoms with van der Waals surface area (Å²) in [6, 6.07) is 14.7. The Morgan fingerprint density at radius 2 is 1.94 bits per heavy atom. The van der Waals surface area contributed by atoms with Crippen molar-refractivity contribution in [1.29, 1.82) is 0 Å². The van der Waals surface area contributed by atoms with Crippen molar-refractivity contribution in [3.63, 3.8) is 0 Å². The van der Waals surface area contributed by atoms with Crippen LogP contribution < -0.4 is 14.8 Å². The second-order valence-corrected chi connectivity index (χ2v) is 8.56. The van der Waals surface area contributed by atoms with Crippen LogP contribution in [0.1, 0.15) is 35.7 Å². The number of benzene rings is 2. The Labute approximate surface area is 194 Å². The standard InChI is InChI=1S/C23H24F2N4O3S/c1-31-19-11-16(7-10-18(19)32-22(24)25)12-26-20(30)14-33-23-28-27-21(17-8-9-17)29(23)13-15-5-3-2-4-6-15/h2-7,10-11,17,22H,8-9,12-14H2,1H3,(H,26,30). The molecule has 0 atom stereocenters. The number of alkyl halides is 2. The minimum absolute atomic E-state index is 0.0534. The van der Waals surface area contributed by atoms with Crippen LogP contribution in [0.5, 0.6) is 11.5 Å². The van der Waals surface area contributed by atoms with Crippen molar-refractivity contribution in [1.82, 2.24) is 20.1 Å². The van der Waals surface area contributed by atoms with E-state index in [0.717, 1.165) is 24.2 Å². The molecule has 2 aromatic carbocycles. The predicted molar refractivity (Wildman–Crippen MR) is 120 cm³/mol. The highest BCUT2D eigenvalue weighted by molar-refractivity contribution is 7.99. The minimum Gasteiger partial charge on any atom is -0.493 e. The summed E-state index contributed by atoms with van der Waals surface area (Å²) < 4.78 is 36.5. The van der Waals surface area contributed by atoms with E-state index in [9.17, 15) is 13.6 Å². The lowest BCUT2D eigenvalue weighted by Crippen LogP contribution is -2.24. The van der Waals surface area contributed by atoms with Crippen molar-refractivity contribution in [3.8, 4) is 11.5 Å². The molecule has 33 heavy (non-hydrogen) atoms. The summed E-state index contributed by atoms with van der Waals surface area (Å²) in [6.07, 6.45) is 2.23. The molecule has 1 aliphatic rings. The Kier molecular flexibility index (Phi) is 7.43. The average molecular weight is 475 g/mol. The zero-order valence-electron chi connectivity index (χ0n) is 18.0. The summed E-state index contributed by atoms with van der Waals surface area (Å²) in [5.41, 5.74) is 1.86. The van der Waals surface area contributed by atoms with E-state index in [0.29, 0.717) is 23.2 Å². The second-order valence-electron chi connectivity index (χ2n) is 7.62. The second kappa shape index (κ2) is 10.7. The largest absolute Gasteiger partial charge is 0.493 e. The molecule has 1 aliphatic carbocycles. The lowest BCUT2D eigenvalue weighted by molar-refractivity contribution is -0.118. The number of nitrogens with one attached hydrogen (secondary N) is 1. The molecule has 0 bridgehead atoms. The molecule has 3 aromatic rings. The summed E-state index contributed by atoms with van der Waals surface area (Å²) in [5.74, 6) is 1.55. The van der Waals surface area contributed by atoms with Gasteiger partial charge >= 0.3 is 6.61 Å². The SMILES string of the molecule is COc1cc(CNC(=O)CSc2nnc(C3CC3)n2Cc2ccccc2)ccc1OC(F)F. The minimum atomic E-state index is -2.94. The van der Waals surface area contributed by atoms with Gasteiger partial charge in [-0.1, -0.05) is 48.2 Å². The molecule has 1 N–H and O–H groups in total. The van der Waals surface area contributed by atoms with Gasteiger partial charge < -0.3 is 19.4 Å². The molecule has 0 aliphatic heterocycles. The maximum absolute atomic E-state index is 12.5. The first kappa shape index (κ1) is 23.0. The van der Waals surface area contributed by atoms with Crippen LogP contribution in [0.15, 0.2) is 53.7 Å². The van der Waals surface area contributed by atoms with E-state index in [-0.39, 0.29) is 29.7 Å². The van der Waals surface area contributed by atoms with E-state index in [4.69, 9.17) is 4.74 Å². The smallest absolute Gasteiger partial charge is 0.387 e. The molecular formula is C23H24F2N4O3S. The van der Waals surface area contributed by atoms with Crippen molar-refractivity contribution in [3.05, 3.63) is 65.5 Å². The van der Waals surface area contributed by atoms with Crippen LogP contribution in [-0.2, 0) is 17.9 Å². The first-order valence-electron chi connectivity index (χ1n) is 10.5. The van der Waals surface area contributed by atoms with Gasteiger partial charge in [-0.3, -0.25) is 4.79 Å². The summed E-state index contributed by atoms with van der Waals surface area (Å²) >= 11 is 1.34. The number of rotatable bonds is 11.